The molecule has 0 saturated heterocycles. The summed E-state index contributed by atoms with van der Waals surface area (Å²) in [4.78, 5) is 31.3. The molecule has 0 radical (unpaired) electrons. The highest BCUT2D eigenvalue weighted by atomic mass is 32.2. The summed E-state index contributed by atoms with van der Waals surface area (Å²) in [7, 11) is 0.292. The molecule has 10 nitrogen and oxygen atoms in total. The third-order valence-corrected chi connectivity index (χ3v) is 11.4. The number of hydrogen-bond donors (Lipinski definition) is 2. The minimum atomic E-state index is -0.760. The van der Waals surface area contributed by atoms with E-state index in [4.69, 9.17) is 4.74 Å². The fourth-order valence-corrected chi connectivity index (χ4v) is 6.88. The molecule has 3 aromatic heterocycles. The van der Waals surface area contributed by atoms with Gasteiger partial charge >= 0.3 is 0 Å². The van der Waals surface area contributed by atoms with Gasteiger partial charge in [0.15, 0.2) is 0 Å². The molecule has 2 aliphatic rings. The molecule has 1 unspecified atom stereocenters. The van der Waals surface area contributed by atoms with Crippen molar-refractivity contribution in [3.63, 3.8) is 0 Å². The summed E-state index contributed by atoms with van der Waals surface area (Å²) in [5, 5.41) is 15.3. The number of amides is 2. The van der Waals surface area contributed by atoms with Crippen LogP contribution in [0.1, 0.15) is 81.3 Å². The van der Waals surface area contributed by atoms with E-state index in [-0.39, 0.29) is 29.6 Å². The molecule has 0 spiro atoms. The number of anilines is 1. The van der Waals surface area contributed by atoms with Crippen LogP contribution in [0.15, 0.2) is 24.4 Å². The van der Waals surface area contributed by atoms with Crippen LogP contribution in [-0.4, -0.2) is 66.3 Å². The van der Waals surface area contributed by atoms with Crippen LogP contribution in [-0.2, 0) is 27.2 Å². The summed E-state index contributed by atoms with van der Waals surface area (Å²) in [6.07, 6.45) is 8.01. The molecule has 2 amide bonds. The van der Waals surface area contributed by atoms with Crippen LogP contribution < -0.4 is 10.6 Å². The van der Waals surface area contributed by atoms with E-state index in [2.05, 4.69) is 45.9 Å². The van der Waals surface area contributed by atoms with Gasteiger partial charge < -0.3 is 15.4 Å². The van der Waals surface area contributed by atoms with Crippen molar-refractivity contribution in [3.05, 3.63) is 47.4 Å². The van der Waals surface area contributed by atoms with Crippen molar-refractivity contribution in [2.45, 2.75) is 91.3 Å². The van der Waals surface area contributed by atoms with Crippen LogP contribution in [0.5, 0.6) is 0 Å². The number of halogens is 1. The number of carbonyl (C=O) groups is 2. The summed E-state index contributed by atoms with van der Waals surface area (Å²) in [6.45, 7) is 13.0. The van der Waals surface area contributed by atoms with Crippen LogP contribution in [0, 0.1) is 37.5 Å². The first-order chi connectivity index (χ1) is 21.5. The Balaban J connectivity index is 1.30. The second kappa shape index (κ2) is 14.0. The number of nitrogens with one attached hydrogen (secondary N) is 2. The van der Waals surface area contributed by atoms with Crippen molar-refractivity contribution < 1.29 is 18.7 Å². The monoisotopic (exact) mass is 640 g/mol. The van der Waals surface area contributed by atoms with Crippen LogP contribution >= 0.6 is 0 Å². The Morgan fingerprint density at radius 2 is 1.78 bits per heavy atom. The standard InChI is InChI=1S/C33H46FN7O3S/c1-19(2)41-26(14-15-35-41)32(42)38-30(29(23-8-9-23)24-10-11-24)33(43)37-27-13-12-25(31(34)36-27)28-21(5)39-40(22(28)6)18-44-16-17-45(7)20(3)4/h12-15,19-20,23-24,29-30H,8-11,16-18H2,1-7H3,(H-,36,37,38,42,43)/p+1/t30-,45?/m0/s1. The number of ether oxygens (including phenoxy) is 1. The van der Waals surface area contributed by atoms with Gasteiger partial charge in [0.1, 0.15) is 35.3 Å². The lowest BCUT2D eigenvalue weighted by Crippen LogP contribution is -2.50. The van der Waals surface area contributed by atoms with Crippen molar-refractivity contribution in [1.29, 1.82) is 0 Å². The number of aromatic nitrogens is 5. The van der Waals surface area contributed by atoms with E-state index in [0.717, 1.165) is 37.1 Å². The maximum Gasteiger partial charge on any atom is 0.270 e. The van der Waals surface area contributed by atoms with E-state index < -0.39 is 12.0 Å². The minimum Gasteiger partial charge on any atom is -0.354 e. The number of pyridine rings is 1. The van der Waals surface area contributed by atoms with Crippen LogP contribution in [0.4, 0.5) is 10.2 Å². The van der Waals surface area contributed by atoms with Crippen molar-refractivity contribution in [2.24, 2.45) is 17.8 Å². The van der Waals surface area contributed by atoms with Gasteiger partial charge in [-0.3, -0.25) is 14.3 Å². The molecule has 244 valence electrons. The number of rotatable bonds is 15. The topological polar surface area (TPSA) is 116 Å². The molecule has 0 aliphatic heterocycles. The predicted molar refractivity (Wildman–Crippen MR) is 176 cm³/mol. The molecular formula is C33H47FN7O3S+. The van der Waals surface area contributed by atoms with Gasteiger partial charge in [0, 0.05) is 29.1 Å². The maximum absolute atomic E-state index is 15.6. The first-order valence-electron chi connectivity index (χ1n) is 16.0. The zero-order valence-electron chi connectivity index (χ0n) is 27.5. The maximum atomic E-state index is 15.6. The Morgan fingerprint density at radius 1 is 1.09 bits per heavy atom. The Morgan fingerprint density at radius 3 is 2.38 bits per heavy atom. The quantitative estimate of drug-likeness (QED) is 0.133. The fraction of sp³-hybridized carbons (Fsp3) is 0.606. The highest BCUT2D eigenvalue weighted by Gasteiger charge is 2.48. The molecule has 0 bridgehead atoms. The van der Waals surface area contributed by atoms with E-state index in [1.807, 2.05) is 27.7 Å². The third-order valence-electron chi connectivity index (χ3n) is 9.00. The van der Waals surface area contributed by atoms with Gasteiger partial charge in [-0.1, -0.05) is 0 Å². The molecule has 12 heteroatoms. The number of carbonyl (C=O) groups excluding carboxylic acids is 2. The highest BCUT2D eigenvalue weighted by molar-refractivity contribution is 7.96. The van der Waals surface area contributed by atoms with Gasteiger partial charge in [-0.05, 0) is 114 Å². The van der Waals surface area contributed by atoms with Gasteiger partial charge in [-0.15, -0.1) is 0 Å². The number of nitrogens with zero attached hydrogens (tertiary/aromatic N) is 5. The van der Waals surface area contributed by atoms with E-state index in [1.165, 1.54) is 0 Å². The Kier molecular flexibility index (Phi) is 10.3. The first-order valence-corrected chi connectivity index (χ1v) is 17.9. The van der Waals surface area contributed by atoms with E-state index in [1.54, 1.807) is 33.8 Å². The average Bonchev–Trinajstić information content (AvgIpc) is 3.92. The second-order valence-electron chi connectivity index (χ2n) is 13.0. The van der Waals surface area contributed by atoms with E-state index >= 15 is 4.39 Å². The SMILES string of the molecule is Cc1nn(COCC[S+](C)C(C)C)c(C)c1-c1ccc(NC(=O)[C@@H](NC(=O)c2ccnn2C(C)C)C(C2CC2)C2CC2)nc1F. The Labute approximate surface area is 268 Å². The molecule has 2 atom stereocenters. The molecule has 3 heterocycles. The Bertz CT molecular complexity index is 1500. The van der Waals surface area contributed by atoms with E-state index in [0.29, 0.717) is 63.8 Å². The van der Waals surface area contributed by atoms with Gasteiger partial charge in [-0.25, -0.2) is 9.67 Å². The highest BCUT2D eigenvalue weighted by Crippen LogP contribution is 2.51. The lowest BCUT2D eigenvalue weighted by molar-refractivity contribution is -0.119. The minimum absolute atomic E-state index is 0.00730. The van der Waals surface area contributed by atoms with Gasteiger partial charge in [0.2, 0.25) is 11.9 Å². The zero-order valence-corrected chi connectivity index (χ0v) is 28.3. The zero-order chi connectivity index (χ0) is 32.4. The Hall–Kier alpha value is -3.25. The molecule has 2 N–H and O–H groups in total. The van der Waals surface area contributed by atoms with Crippen LogP contribution in [0.25, 0.3) is 11.1 Å². The molecular weight excluding hydrogens is 593 g/mol. The van der Waals surface area contributed by atoms with E-state index in [9.17, 15) is 9.59 Å². The summed E-state index contributed by atoms with van der Waals surface area (Å²) in [5.74, 6) is 0.474. The molecule has 2 saturated carbocycles. The van der Waals surface area contributed by atoms with Gasteiger partial charge in [0.25, 0.3) is 5.91 Å². The smallest absolute Gasteiger partial charge is 0.270 e. The largest absolute Gasteiger partial charge is 0.354 e. The number of hydrogen-bond acceptors (Lipinski definition) is 6. The molecule has 2 aliphatic carbocycles. The summed E-state index contributed by atoms with van der Waals surface area (Å²) < 4.78 is 24.9. The van der Waals surface area contributed by atoms with Gasteiger partial charge in [0.05, 0.1) is 18.6 Å². The van der Waals surface area contributed by atoms with Crippen LogP contribution in [0.2, 0.25) is 0 Å². The fourth-order valence-electron chi connectivity index (χ4n) is 6.03. The van der Waals surface area contributed by atoms with Crippen molar-refractivity contribution in [3.8, 4) is 11.1 Å². The summed E-state index contributed by atoms with van der Waals surface area (Å²) >= 11 is 0. The molecule has 2 fully saturated rings. The third kappa shape index (κ3) is 7.77. The average molecular weight is 641 g/mol. The van der Waals surface area contributed by atoms with Crippen LogP contribution in [0.3, 0.4) is 0 Å². The van der Waals surface area contributed by atoms with Gasteiger partial charge in [-0.2, -0.15) is 14.6 Å². The normalized spacial score (nSPS) is 16.4. The summed E-state index contributed by atoms with van der Waals surface area (Å²) in [6, 6.07) is 4.12. The molecule has 0 aromatic carbocycles. The van der Waals surface area contributed by atoms with Crippen molar-refractivity contribution >= 4 is 28.5 Å². The van der Waals surface area contributed by atoms with Crippen molar-refractivity contribution in [1.82, 2.24) is 29.9 Å². The van der Waals surface area contributed by atoms with Crippen molar-refractivity contribution in [2.75, 3.05) is 23.9 Å². The summed E-state index contributed by atoms with van der Waals surface area (Å²) in [5.41, 5.74) is 2.83. The number of aryl methyl sites for hydroxylation is 1. The molecule has 45 heavy (non-hydrogen) atoms. The molecule has 5 rings (SSSR count). The first kappa shape index (κ1) is 33.1. The lowest BCUT2D eigenvalue weighted by Gasteiger charge is -2.27. The lowest BCUT2D eigenvalue weighted by atomic mass is 9.88. The molecule has 3 aromatic rings. The second-order valence-corrected chi connectivity index (χ2v) is 15.7. The predicted octanol–water partition coefficient (Wildman–Crippen LogP) is 5.28.